The molecule has 1 unspecified atom stereocenters. The van der Waals surface area contributed by atoms with Crippen LogP contribution in [0.1, 0.15) is 30.5 Å². The standard InChI is InChI=1S/C28H25Cl2NO6/c1-4-12-37-18-9-7-8-17(15-18)31-24(19-10-5-6-11-22(19)35-2)23(26(33)28(31)34)25(32)20-13-16(29)14-21(30)27(20)36-3/h5-11,13-15,24,32H,4,12H2,1-3H3/b25-23+. The fraction of sp³-hybridized carbons (Fsp3) is 0.214. The molecule has 0 radical (unpaired) electrons. The second kappa shape index (κ2) is 11.2. The van der Waals surface area contributed by atoms with Gasteiger partial charge in [-0.15, -0.1) is 0 Å². The summed E-state index contributed by atoms with van der Waals surface area (Å²) in [6.07, 6.45) is 0.806. The molecule has 3 aromatic carbocycles. The lowest BCUT2D eigenvalue weighted by Crippen LogP contribution is -2.29. The van der Waals surface area contributed by atoms with Crippen molar-refractivity contribution in [1.29, 1.82) is 0 Å². The van der Waals surface area contributed by atoms with Gasteiger partial charge in [0.1, 0.15) is 23.0 Å². The van der Waals surface area contributed by atoms with Crippen molar-refractivity contribution in [3.05, 3.63) is 87.4 Å². The van der Waals surface area contributed by atoms with Gasteiger partial charge in [0.2, 0.25) is 0 Å². The number of aliphatic hydroxyl groups excluding tert-OH is 1. The summed E-state index contributed by atoms with van der Waals surface area (Å²) in [4.78, 5) is 28.4. The van der Waals surface area contributed by atoms with Crippen molar-refractivity contribution >= 4 is 46.3 Å². The zero-order valence-electron chi connectivity index (χ0n) is 20.5. The molecule has 1 amide bonds. The van der Waals surface area contributed by atoms with E-state index in [4.69, 9.17) is 37.4 Å². The number of amides is 1. The minimum Gasteiger partial charge on any atom is -0.507 e. The number of para-hydroxylation sites is 1. The predicted octanol–water partition coefficient (Wildman–Crippen LogP) is 6.43. The van der Waals surface area contributed by atoms with E-state index in [2.05, 4.69) is 0 Å². The molecule has 0 aromatic heterocycles. The Labute approximate surface area is 224 Å². The van der Waals surface area contributed by atoms with E-state index in [0.717, 1.165) is 6.42 Å². The highest BCUT2D eigenvalue weighted by Crippen LogP contribution is 2.47. The number of ether oxygens (including phenoxy) is 3. The molecule has 1 saturated heterocycles. The number of halogens is 2. The molecule has 1 atom stereocenters. The molecule has 1 heterocycles. The highest BCUT2D eigenvalue weighted by atomic mass is 35.5. The van der Waals surface area contributed by atoms with Gasteiger partial charge in [0.25, 0.3) is 11.7 Å². The summed E-state index contributed by atoms with van der Waals surface area (Å²) in [5, 5.41) is 11.9. The van der Waals surface area contributed by atoms with Crippen molar-refractivity contribution in [2.45, 2.75) is 19.4 Å². The Morgan fingerprint density at radius 2 is 1.76 bits per heavy atom. The van der Waals surface area contributed by atoms with Crippen molar-refractivity contribution in [3.63, 3.8) is 0 Å². The number of rotatable bonds is 8. The Balaban J connectivity index is 1.99. The fourth-order valence-corrected chi connectivity index (χ4v) is 4.89. The fourth-order valence-electron chi connectivity index (χ4n) is 4.32. The normalized spacial score (nSPS) is 16.7. The highest BCUT2D eigenvalue weighted by molar-refractivity contribution is 6.52. The predicted molar refractivity (Wildman–Crippen MR) is 143 cm³/mol. The van der Waals surface area contributed by atoms with Crippen LogP contribution in [0.4, 0.5) is 5.69 Å². The van der Waals surface area contributed by atoms with Crippen LogP contribution in [0.25, 0.3) is 5.76 Å². The van der Waals surface area contributed by atoms with Gasteiger partial charge >= 0.3 is 0 Å². The zero-order chi connectivity index (χ0) is 26.7. The lowest BCUT2D eigenvalue weighted by Gasteiger charge is -2.27. The van der Waals surface area contributed by atoms with Gasteiger partial charge in [-0.2, -0.15) is 0 Å². The molecule has 1 aliphatic heterocycles. The molecule has 7 nitrogen and oxygen atoms in total. The zero-order valence-corrected chi connectivity index (χ0v) is 22.0. The van der Waals surface area contributed by atoms with E-state index in [1.54, 1.807) is 48.5 Å². The largest absolute Gasteiger partial charge is 0.507 e. The number of carbonyl (C=O) groups is 2. The van der Waals surface area contributed by atoms with Crippen LogP contribution in [-0.2, 0) is 9.59 Å². The van der Waals surface area contributed by atoms with Crippen LogP contribution in [0.5, 0.6) is 17.2 Å². The quantitative estimate of drug-likeness (QED) is 0.201. The topological polar surface area (TPSA) is 85.3 Å². The number of Topliss-reactive ketones (excluding diaryl/α,β-unsaturated/α-hetero) is 1. The van der Waals surface area contributed by atoms with Crippen molar-refractivity contribution < 1.29 is 28.9 Å². The molecule has 9 heteroatoms. The Kier molecular flexibility index (Phi) is 7.95. The third-order valence-electron chi connectivity index (χ3n) is 5.91. The Morgan fingerprint density at radius 3 is 2.46 bits per heavy atom. The maximum Gasteiger partial charge on any atom is 0.300 e. The maximum atomic E-state index is 13.5. The third kappa shape index (κ3) is 4.97. The lowest BCUT2D eigenvalue weighted by molar-refractivity contribution is -0.132. The van der Waals surface area contributed by atoms with Crippen LogP contribution >= 0.6 is 23.2 Å². The summed E-state index contributed by atoms with van der Waals surface area (Å²) in [6, 6.07) is 15.7. The number of benzene rings is 3. The first kappa shape index (κ1) is 26.4. The van der Waals surface area contributed by atoms with Crippen LogP contribution in [0.3, 0.4) is 0 Å². The number of aliphatic hydroxyl groups is 1. The number of carbonyl (C=O) groups excluding carboxylic acids is 2. The van der Waals surface area contributed by atoms with Crippen molar-refractivity contribution in [2.75, 3.05) is 25.7 Å². The average molecular weight is 542 g/mol. The molecule has 192 valence electrons. The number of methoxy groups -OCH3 is 2. The molecule has 1 aliphatic rings. The van der Waals surface area contributed by atoms with Gasteiger partial charge in [0.15, 0.2) is 0 Å². The molecule has 37 heavy (non-hydrogen) atoms. The van der Waals surface area contributed by atoms with E-state index in [1.165, 1.54) is 31.3 Å². The summed E-state index contributed by atoms with van der Waals surface area (Å²) >= 11 is 12.5. The maximum absolute atomic E-state index is 13.5. The molecule has 1 fully saturated rings. The van der Waals surface area contributed by atoms with Gasteiger partial charge in [-0.05, 0) is 36.8 Å². The van der Waals surface area contributed by atoms with Crippen LogP contribution in [0.2, 0.25) is 10.0 Å². The minimum absolute atomic E-state index is 0.0814. The number of ketones is 1. The molecule has 4 rings (SSSR count). The minimum atomic E-state index is -1.03. The van der Waals surface area contributed by atoms with Crippen LogP contribution in [0.15, 0.2) is 66.2 Å². The molecule has 1 N–H and O–H groups in total. The van der Waals surface area contributed by atoms with E-state index in [1.807, 2.05) is 6.92 Å². The van der Waals surface area contributed by atoms with E-state index in [9.17, 15) is 14.7 Å². The second-order valence-corrected chi connectivity index (χ2v) is 9.07. The first-order chi connectivity index (χ1) is 17.8. The first-order valence-corrected chi connectivity index (χ1v) is 12.3. The summed E-state index contributed by atoms with van der Waals surface area (Å²) in [7, 11) is 2.87. The van der Waals surface area contributed by atoms with E-state index in [-0.39, 0.29) is 26.9 Å². The van der Waals surface area contributed by atoms with E-state index >= 15 is 0 Å². The summed E-state index contributed by atoms with van der Waals surface area (Å²) in [6.45, 7) is 2.48. The summed E-state index contributed by atoms with van der Waals surface area (Å²) in [5.41, 5.74) is 0.836. The molecule has 3 aromatic rings. The van der Waals surface area contributed by atoms with Crippen LogP contribution in [0, 0.1) is 0 Å². The molecular formula is C28H25Cl2NO6. The van der Waals surface area contributed by atoms with Crippen molar-refractivity contribution in [1.82, 2.24) is 0 Å². The highest BCUT2D eigenvalue weighted by Gasteiger charge is 2.48. The first-order valence-electron chi connectivity index (χ1n) is 11.5. The summed E-state index contributed by atoms with van der Waals surface area (Å²) < 4.78 is 16.7. The number of hydrogen-bond acceptors (Lipinski definition) is 6. The van der Waals surface area contributed by atoms with Gasteiger partial charge in [-0.3, -0.25) is 14.5 Å². The van der Waals surface area contributed by atoms with Gasteiger partial charge in [-0.25, -0.2) is 0 Å². The second-order valence-electron chi connectivity index (χ2n) is 8.23. The van der Waals surface area contributed by atoms with Crippen LogP contribution in [-0.4, -0.2) is 37.6 Å². The Bertz CT molecular complexity index is 1390. The number of hydrogen-bond donors (Lipinski definition) is 1. The van der Waals surface area contributed by atoms with Gasteiger partial charge in [0.05, 0.1) is 43.0 Å². The van der Waals surface area contributed by atoms with Gasteiger partial charge < -0.3 is 19.3 Å². The van der Waals surface area contributed by atoms with E-state index in [0.29, 0.717) is 29.4 Å². The Morgan fingerprint density at radius 1 is 1.00 bits per heavy atom. The van der Waals surface area contributed by atoms with Crippen molar-refractivity contribution in [2.24, 2.45) is 0 Å². The third-order valence-corrected chi connectivity index (χ3v) is 6.41. The molecule has 0 aliphatic carbocycles. The lowest BCUT2D eigenvalue weighted by atomic mass is 9.94. The molecule has 0 bridgehead atoms. The Hall–Kier alpha value is -3.68. The van der Waals surface area contributed by atoms with Gasteiger partial charge in [-0.1, -0.05) is 54.4 Å². The molecular weight excluding hydrogens is 517 g/mol. The summed E-state index contributed by atoms with van der Waals surface area (Å²) in [5.74, 6) is -1.09. The monoisotopic (exact) mass is 541 g/mol. The van der Waals surface area contributed by atoms with Crippen LogP contribution < -0.4 is 19.1 Å². The number of nitrogens with zero attached hydrogens (tertiary/aromatic N) is 1. The van der Waals surface area contributed by atoms with E-state index < -0.39 is 23.5 Å². The molecule has 0 spiro atoms. The van der Waals surface area contributed by atoms with Gasteiger partial charge in [0, 0.05) is 22.3 Å². The number of anilines is 1. The molecule has 0 saturated carbocycles. The smallest absolute Gasteiger partial charge is 0.300 e. The SMILES string of the molecule is CCCOc1cccc(N2C(=O)C(=O)/C(=C(/O)c3cc(Cl)cc(Cl)c3OC)C2c2ccccc2OC)c1. The average Bonchev–Trinajstić information content (AvgIpc) is 3.16. The van der Waals surface area contributed by atoms with Crippen molar-refractivity contribution in [3.8, 4) is 17.2 Å².